The summed E-state index contributed by atoms with van der Waals surface area (Å²) in [5.74, 6) is -0.837. The van der Waals surface area contributed by atoms with Gasteiger partial charge in [-0.15, -0.1) is 6.58 Å². The van der Waals surface area contributed by atoms with Crippen LogP contribution in [0.15, 0.2) is 60.1 Å². The standard InChI is InChI=1S/C21H23ClFN3O3S/c1-2-12-25(15-17-6-3-4-7-18(17)23)21(27)16-9-13-26(14-10-16)30(28,29)19-8-5-11-24-20(19)22/h2-8,11,16H,1,9-10,12-15H2. The van der Waals surface area contributed by atoms with Crippen LogP contribution in [0.2, 0.25) is 5.15 Å². The van der Waals surface area contributed by atoms with Crippen molar-refractivity contribution in [2.45, 2.75) is 24.3 Å². The summed E-state index contributed by atoms with van der Waals surface area (Å²) in [4.78, 5) is 18.4. The highest BCUT2D eigenvalue weighted by Gasteiger charge is 2.34. The molecular formula is C21H23ClFN3O3S. The number of amides is 1. The molecule has 2 heterocycles. The first kappa shape index (κ1) is 22.4. The van der Waals surface area contributed by atoms with Crippen LogP contribution < -0.4 is 0 Å². The van der Waals surface area contributed by atoms with Crippen molar-refractivity contribution >= 4 is 27.5 Å². The second-order valence-corrected chi connectivity index (χ2v) is 9.33. The van der Waals surface area contributed by atoms with Gasteiger partial charge in [0.2, 0.25) is 15.9 Å². The number of sulfonamides is 1. The van der Waals surface area contributed by atoms with Crippen molar-refractivity contribution in [2.75, 3.05) is 19.6 Å². The van der Waals surface area contributed by atoms with Crippen molar-refractivity contribution in [1.29, 1.82) is 0 Å². The molecule has 0 unspecified atom stereocenters. The van der Waals surface area contributed by atoms with Gasteiger partial charge in [-0.2, -0.15) is 4.31 Å². The van der Waals surface area contributed by atoms with Crippen molar-refractivity contribution in [3.8, 4) is 0 Å². The molecule has 1 aromatic heterocycles. The quantitative estimate of drug-likeness (QED) is 0.477. The minimum absolute atomic E-state index is 0.0377. The molecule has 1 aliphatic rings. The molecule has 1 fully saturated rings. The lowest BCUT2D eigenvalue weighted by atomic mass is 9.96. The predicted octanol–water partition coefficient (Wildman–Crippen LogP) is 3.49. The Morgan fingerprint density at radius 3 is 2.60 bits per heavy atom. The van der Waals surface area contributed by atoms with E-state index in [-0.39, 0.29) is 53.9 Å². The Labute approximate surface area is 181 Å². The SMILES string of the molecule is C=CCN(Cc1ccccc1F)C(=O)C1CCN(S(=O)(=O)c2cccnc2Cl)CC1. The van der Waals surface area contributed by atoms with Crippen molar-refractivity contribution in [3.63, 3.8) is 0 Å². The number of piperidine rings is 1. The van der Waals surface area contributed by atoms with Crippen molar-refractivity contribution in [2.24, 2.45) is 5.92 Å². The molecule has 0 saturated carbocycles. The zero-order chi connectivity index (χ0) is 21.7. The molecule has 9 heteroatoms. The first-order chi connectivity index (χ1) is 14.3. The lowest BCUT2D eigenvalue weighted by Gasteiger charge is -2.33. The van der Waals surface area contributed by atoms with E-state index >= 15 is 0 Å². The van der Waals surface area contributed by atoms with Crippen LogP contribution in [0, 0.1) is 11.7 Å². The van der Waals surface area contributed by atoms with E-state index in [0.29, 0.717) is 18.4 Å². The number of carbonyl (C=O) groups excluding carboxylic acids is 1. The van der Waals surface area contributed by atoms with E-state index in [0.717, 1.165) is 0 Å². The van der Waals surface area contributed by atoms with Crippen molar-refractivity contribution in [3.05, 3.63) is 71.8 Å². The zero-order valence-corrected chi connectivity index (χ0v) is 17.9. The van der Waals surface area contributed by atoms with Gasteiger partial charge >= 0.3 is 0 Å². The Balaban J connectivity index is 1.68. The number of halogens is 2. The van der Waals surface area contributed by atoms with Gasteiger partial charge in [0.1, 0.15) is 15.9 Å². The number of benzene rings is 1. The number of hydrogen-bond acceptors (Lipinski definition) is 4. The fourth-order valence-electron chi connectivity index (χ4n) is 3.52. The van der Waals surface area contributed by atoms with Gasteiger partial charge in [-0.3, -0.25) is 4.79 Å². The molecular weight excluding hydrogens is 429 g/mol. The number of carbonyl (C=O) groups is 1. The van der Waals surface area contributed by atoms with E-state index in [4.69, 9.17) is 11.6 Å². The molecule has 0 N–H and O–H groups in total. The highest BCUT2D eigenvalue weighted by Crippen LogP contribution is 2.28. The maximum absolute atomic E-state index is 14.0. The maximum Gasteiger partial charge on any atom is 0.246 e. The van der Waals surface area contributed by atoms with E-state index in [2.05, 4.69) is 11.6 Å². The highest BCUT2D eigenvalue weighted by molar-refractivity contribution is 7.89. The van der Waals surface area contributed by atoms with Crippen LogP contribution in [0.3, 0.4) is 0 Å². The summed E-state index contributed by atoms with van der Waals surface area (Å²) < 4.78 is 41.0. The summed E-state index contributed by atoms with van der Waals surface area (Å²) in [6.45, 7) is 4.51. The van der Waals surface area contributed by atoms with Crippen LogP contribution >= 0.6 is 11.6 Å². The lowest BCUT2D eigenvalue weighted by Crippen LogP contribution is -2.44. The average Bonchev–Trinajstić information content (AvgIpc) is 2.74. The third kappa shape index (κ3) is 4.88. The Kier molecular flexibility index (Phi) is 7.23. The molecule has 1 saturated heterocycles. The molecule has 1 aromatic carbocycles. The molecule has 0 spiro atoms. The number of pyridine rings is 1. The lowest BCUT2D eigenvalue weighted by molar-refractivity contribution is -0.136. The maximum atomic E-state index is 14.0. The van der Waals surface area contributed by atoms with Gasteiger partial charge in [0.15, 0.2) is 0 Å². The smallest absolute Gasteiger partial charge is 0.246 e. The summed E-state index contributed by atoms with van der Waals surface area (Å²) in [5, 5.41) is -0.0715. The van der Waals surface area contributed by atoms with E-state index in [1.807, 2.05) is 0 Å². The topological polar surface area (TPSA) is 70.6 Å². The second kappa shape index (κ2) is 9.68. The Morgan fingerprint density at radius 2 is 1.97 bits per heavy atom. The van der Waals surface area contributed by atoms with Gasteiger partial charge in [-0.25, -0.2) is 17.8 Å². The molecule has 2 aromatic rings. The minimum Gasteiger partial charge on any atom is -0.334 e. The van der Waals surface area contributed by atoms with Crippen LogP contribution in [-0.2, 0) is 21.4 Å². The molecule has 0 radical (unpaired) electrons. The van der Waals surface area contributed by atoms with Crippen LogP contribution in [-0.4, -0.2) is 48.1 Å². The third-order valence-corrected chi connectivity index (χ3v) is 7.47. The fraction of sp³-hybridized carbons (Fsp3) is 0.333. The summed E-state index contributed by atoms with van der Waals surface area (Å²) in [6.07, 6.45) is 3.78. The molecule has 0 aliphatic carbocycles. The molecule has 3 rings (SSSR count). The van der Waals surface area contributed by atoms with Crippen LogP contribution in [0.4, 0.5) is 4.39 Å². The van der Waals surface area contributed by atoms with Gasteiger partial charge < -0.3 is 4.90 Å². The number of hydrogen-bond donors (Lipinski definition) is 0. The summed E-state index contributed by atoms with van der Waals surface area (Å²) in [5.41, 5.74) is 0.430. The number of nitrogens with zero attached hydrogens (tertiary/aromatic N) is 3. The van der Waals surface area contributed by atoms with E-state index < -0.39 is 10.0 Å². The van der Waals surface area contributed by atoms with Crippen molar-refractivity contribution < 1.29 is 17.6 Å². The van der Waals surface area contributed by atoms with Gasteiger partial charge in [0.05, 0.1) is 0 Å². The van der Waals surface area contributed by atoms with Gasteiger partial charge in [0, 0.05) is 43.9 Å². The zero-order valence-electron chi connectivity index (χ0n) is 16.4. The van der Waals surface area contributed by atoms with Crippen LogP contribution in [0.25, 0.3) is 0 Å². The Bertz CT molecular complexity index is 1020. The van der Waals surface area contributed by atoms with Crippen LogP contribution in [0.1, 0.15) is 18.4 Å². The highest BCUT2D eigenvalue weighted by atomic mass is 35.5. The van der Waals surface area contributed by atoms with Gasteiger partial charge in [-0.1, -0.05) is 35.9 Å². The number of aromatic nitrogens is 1. The second-order valence-electron chi connectivity index (χ2n) is 7.07. The fourth-order valence-corrected chi connectivity index (χ4v) is 5.42. The molecule has 160 valence electrons. The minimum atomic E-state index is -3.78. The molecule has 0 bridgehead atoms. The summed E-state index contributed by atoms with van der Waals surface area (Å²) in [7, 11) is -3.78. The van der Waals surface area contributed by atoms with Crippen LogP contribution in [0.5, 0.6) is 0 Å². The predicted molar refractivity (Wildman–Crippen MR) is 113 cm³/mol. The van der Waals surface area contributed by atoms with Gasteiger partial charge in [-0.05, 0) is 31.0 Å². The molecule has 6 nitrogen and oxygen atoms in total. The summed E-state index contributed by atoms with van der Waals surface area (Å²) in [6, 6.07) is 9.27. The Morgan fingerprint density at radius 1 is 1.27 bits per heavy atom. The summed E-state index contributed by atoms with van der Waals surface area (Å²) >= 11 is 5.96. The first-order valence-corrected chi connectivity index (χ1v) is 11.4. The first-order valence-electron chi connectivity index (χ1n) is 9.58. The van der Waals surface area contributed by atoms with E-state index in [1.54, 1.807) is 29.2 Å². The van der Waals surface area contributed by atoms with Gasteiger partial charge in [0.25, 0.3) is 0 Å². The normalized spacial score (nSPS) is 15.7. The average molecular weight is 452 g/mol. The Hall–Kier alpha value is -2.29. The molecule has 0 atom stereocenters. The monoisotopic (exact) mass is 451 g/mol. The molecule has 30 heavy (non-hydrogen) atoms. The van der Waals surface area contributed by atoms with Crippen molar-refractivity contribution in [1.82, 2.24) is 14.2 Å². The van der Waals surface area contributed by atoms with E-state index in [9.17, 15) is 17.6 Å². The molecule has 1 amide bonds. The van der Waals surface area contributed by atoms with E-state index in [1.165, 1.54) is 28.7 Å². The molecule has 1 aliphatic heterocycles. The number of rotatable bonds is 7. The third-order valence-electron chi connectivity index (χ3n) is 5.13. The largest absolute Gasteiger partial charge is 0.334 e.